The summed E-state index contributed by atoms with van der Waals surface area (Å²) in [7, 11) is 0. The molecule has 2 N–H and O–H groups in total. The molecular weight excluding hydrogens is 257 g/mol. The van der Waals surface area contributed by atoms with Gasteiger partial charge in [0.2, 0.25) is 0 Å². The molecule has 0 aromatic heterocycles. The second kappa shape index (κ2) is 5.57. The van der Waals surface area contributed by atoms with Crippen molar-refractivity contribution in [3.63, 3.8) is 0 Å². The average molecular weight is 274 g/mol. The van der Waals surface area contributed by atoms with E-state index in [1.807, 2.05) is 12.1 Å². The van der Waals surface area contributed by atoms with E-state index in [4.69, 9.17) is 28.3 Å². The number of aliphatic hydroxyl groups excluding tert-OH is 1. The van der Waals surface area contributed by atoms with Gasteiger partial charge in [-0.25, -0.2) is 0 Å². The molecule has 2 nitrogen and oxygen atoms in total. The Labute approximate surface area is 112 Å². The van der Waals surface area contributed by atoms with Crippen LogP contribution in [0.25, 0.3) is 0 Å². The van der Waals surface area contributed by atoms with Crippen molar-refractivity contribution in [3.8, 4) is 0 Å². The molecular formula is C13H17Cl2NO. The summed E-state index contributed by atoms with van der Waals surface area (Å²) >= 11 is 12.0. The highest BCUT2D eigenvalue weighted by Gasteiger charge is 2.41. The Bertz CT molecular complexity index is 391. The first-order valence-electron chi connectivity index (χ1n) is 5.91. The Morgan fingerprint density at radius 3 is 2.71 bits per heavy atom. The molecule has 0 spiro atoms. The van der Waals surface area contributed by atoms with Crippen LogP contribution in [0, 0.1) is 5.41 Å². The molecule has 94 valence electrons. The van der Waals surface area contributed by atoms with Gasteiger partial charge in [0.1, 0.15) is 0 Å². The Morgan fingerprint density at radius 2 is 2.06 bits per heavy atom. The van der Waals surface area contributed by atoms with Gasteiger partial charge in [-0.1, -0.05) is 23.2 Å². The van der Waals surface area contributed by atoms with Gasteiger partial charge >= 0.3 is 0 Å². The standard InChI is InChI=1S/C13H17Cl2NO/c14-11-1-2-12(15)10(7-11)8-16-9-13(3-4-13)5-6-17/h1-2,7,16-17H,3-6,8-9H2. The molecule has 4 heteroatoms. The van der Waals surface area contributed by atoms with Crippen molar-refractivity contribution in [2.75, 3.05) is 13.2 Å². The molecule has 0 aliphatic heterocycles. The predicted molar refractivity (Wildman–Crippen MR) is 71.5 cm³/mol. The first-order valence-corrected chi connectivity index (χ1v) is 6.66. The zero-order valence-electron chi connectivity index (χ0n) is 9.68. The third-order valence-electron chi connectivity index (χ3n) is 3.42. The zero-order chi connectivity index (χ0) is 12.3. The maximum Gasteiger partial charge on any atom is 0.0451 e. The van der Waals surface area contributed by atoms with Gasteiger partial charge in [0.15, 0.2) is 0 Å². The van der Waals surface area contributed by atoms with Crippen LogP contribution < -0.4 is 5.32 Å². The summed E-state index contributed by atoms with van der Waals surface area (Å²) in [6, 6.07) is 5.51. The van der Waals surface area contributed by atoms with E-state index < -0.39 is 0 Å². The van der Waals surface area contributed by atoms with E-state index >= 15 is 0 Å². The quantitative estimate of drug-likeness (QED) is 0.834. The lowest BCUT2D eigenvalue weighted by atomic mass is 10.0. The van der Waals surface area contributed by atoms with Crippen LogP contribution in [0.5, 0.6) is 0 Å². The third-order valence-corrected chi connectivity index (χ3v) is 4.03. The molecule has 0 saturated heterocycles. The van der Waals surface area contributed by atoms with E-state index in [9.17, 15) is 0 Å². The van der Waals surface area contributed by atoms with Crippen LogP contribution in [0.2, 0.25) is 10.0 Å². The fraction of sp³-hybridized carbons (Fsp3) is 0.538. The van der Waals surface area contributed by atoms with Gasteiger partial charge in [0.25, 0.3) is 0 Å². The highest BCUT2D eigenvalue weighted by molar-refractivity contribution is 6.33. The van der Waals surface area contributed by atoms with Crippen molar-refractivity contribution in [1.29, 1.82) is 0 Å². The highest BCUT2D eigenvalue weighted by atomic mass is 35.5. The van der Waals surface area contributed by atoms with Gasteiger partial charge < -0.3 is 10.4 Å². The largest absolute Gasteiger partial charge is 0.396 e. The lowest BCUT2D eigenvalue weighted by molar-refractivity contribution is 0.245. The topological polar surface area (TPSA) is 32.3 Å². The van der Waals surface area contributed by atoms with Crippen molar-refractivity contribution in [2.24, 2.45) is 5.41 Å². The minimum Gasteiger partial charge on any atom is -0.396 e. The van der Waals surface area contributed by atoms with Crippen LogP contribution in [0.15, 0.2) is 18.2 Å². The average Bonchev–Trinajstić information content (AvgIpc) is 3.04. The number of aliphatic hydroxyl groups is 1. The molecule has 1 aliphatic carbocycles. The van der Waals surface area contributed by atoms with Crippen LogP contribution in [0.3, 0.4) is 0 Å². The fourth-order valence-electron chi connectivity index (χ4n) is 2.07. The van der Waals surface area contributed by atoms with Gasteiger partial charge in [-0.15, -0.1) is 0 Å². The molecule has 0 heterocycles. The van der Waals surface area contributed by atoms with E-state index in [1.165, 1.54) is 12.8 Å². The first-order chi connectivity index (χ1) is 8.15. The Morgan fingerprint density at radius 1 is 1.29 bits per heavy atom. The Kier molecular flexibility index (Phi) is 4.31. The van der Waals surface area contributed by atoms with Crippen molar-refractivity contribution in [2.45, 2.75) is 25.8 Å². The third kappa shape index (κ3) is 3.59. The normalized spacial score (nSPS) is 17.1. The smallest absolute Gasteiger partial charge is 0.0451 e. The van der Waals surface area contributed by atoms with Gasteiger partial charge in [-0.2, -0.15) is 0 Å². The number of benzene rings is 1. The maximum atomic E-state index is 8.97. The van der Waals surface area contributed by atoms with Gasteiger partial charge in [0.05, 0.1) is 0 Å². The molecule has 0 atom stereocenters. The van der Waals surface area contributed by atoms with Gasteiger partial charge in [-0.3, -0.25) is 0 Å². The lowest BCUT2D eigenvalue weighted by Gasteiger charge is -2.15. The summed E-state index contributed by atoms with van der Waals surface area (Å²) < 4.78 is 0. The van der Waals surface area contributed by atoms with Gasteiger partial charge in [-0.05, 0) is 48.4 Å². The number of halogens is 2. The van der Waals surface area contributed by atoms with E-state index in [0.29, 0.717) is 10.4 Å². The molecule has 1 fully saturated rings. The molecule has 1 aromatic rings. The van der Waals surface area contributed by atoms with Crippen molar-refractivity contribution in [3.05, 3.63) is 33.8 Å². The summed E-state index contributed by atoms with van der Waals surface area (Å²) in [5.74, 6) is 0. The SMILES string of the molecule is OCCC1(CNCc2cc(Cl)ccc2Cl)CC1. The van der Waals surface area contributed by atoms with E-state index in [0.717, 1.165) is 30.1 Å². The fourth-order valence-corrected chi connectivity index (χ4v) is 2.45. The summed E-state index contributed by atoms with van der Waals surface area (Å²) in [6.45, 7) is 1.95. The van der Waals surface area contributed by atoms with Crippen LogP contribution >= 0.6 is 23.2 Å². The number of hydrogen-bond acceptors (Lipinski definition) is 2. The van der Waals surface area contributed by atoms with Crippen molar-refractivity contribution in [1.82, 2.24) is 5.32 Å². The minimum absolute atomic E-state index is 0.277. The molecule has 0 amide bonds. The van der Waals surface area contributed by atoms with Crippen LogP contribution in [-0.4, -0.2) is 18.3 Å². The minimum atomic E-state index is 0.277. The van der Waals surface area contributed by atoms with E-state index in [2.05, 4.69) is 5.32 Å². The molecule has 1 aliphatic rings. The molecule has 2 rings (SSSR count). The monoisotopic (exact) mass is 273 g/mol. The Balaban J connectivity index is 1.84. The Hall–Kier alpha value is -0.280. The lowest BCUT2D eigenvalue weighted by Crippen LogP contribution is -2.24. The molecule has 1 saturated carbocycles. The number of hydrogen-bond donors (Lipinski definition) is 2. The maximum absolute atomic E-state index is 8.97. The summed E-state index contributed by atoms with van der Waals surface area (Å²) in [4.78, 5) is 0. The van der Waals surface area contributed by atoms with Crippen LogP contribution in [0.4, 0.5) is 0 Å². The second-order valence-electron chi connectivity index (χ2n) is 4.81. The van der Waals surface area contributed by atoms with E-state index in [-0.39, 0.29) is 6.61 Å². The van der Waals surface area contributed by atoms with Crippen LogP contribution in [0.1, 0.15) is 24.8 Å². The highest BCUT2D eigenvalue weighted by Crippen LogP contribution is 2.47. The predicted octanol–water partition coefficient (Wildman–Crippen LogP) is 3.25. The van der Waals surface area contributed by atoms with Crippen molar-refractivity contribution >= 4 is 23.2 Å². The molecule has 0 bridgehead atoms. The van der Waals surface area contributed by atoms with Gasteiger partial charge in [0, 0.05) is 29.7 Å². The summed E-state index contributed by atoms with van der Waals surface area (Å²) in [5, 5.41) is 13.8. The molecule has 17 heavy (non-hydrogen) atoms. The number of rotatable bonds is 6. The molecule has 0 radical (unpaired) electrons. The zero-order valence-corrected chi connectivity index (χ0v) is 11.2. The molecule has 0 unspecified atom stereocenters. The molecule has 1 aromatic carbocycles. The summed E-state index contributed by atoms with van der Waals surface area (Å²) in [6.07, 6.45) is 3.32. The second-order valence-corrected chi connectivity index (χ2v) is 5.66. The van der Waals surface area contributed by atoms with Crippen LogP contribution in [-0.2, 0) is 6.54 Å². The number of nitrogens with one attached hydrogen (secondary N) is 1. The van der Waals surface area contributed by atoms with Crippen molar-refractivity contribution < 1.29 is 5.11 Å². The van der Waals surface area contributed by atoms with E-state index in [1.54, 1.807) is 6.07 Å². The summed E-state index contributed by atoms with van der Waals surface area (Å²) in [5.41, 5.74) is 1.36. The first kappa shape index (κ1) is 13.2.